The van der Waals surface area contributed by atoms with Crippen molar-refractivity contribution in [3.63, 3.8) is 0 Å². The van der Waals surface area contributed by atoms with Crippen LogP contribution >= 0.6 is 0 Å². The third kappa shape index (κ3) is 3.95. The highest BCUT2D eigenvalue weighted by atomic mass is 16.5. The predicted molar refractivity (Wildman–Crippen MR) is 80.2 cm³/mol. The molecule has 0 bridgehead atoms. The molecule has 19 heavy (non-hydrogen) atoms. The van der Waals surface area contributed by atoms with E-state index in [9.17, 15) is 4.79 Å². The summed E-state index contributed by atoms with van der Waals surface area (Å²) in [7, 11) is 0. The molecule has 1 aromatic rings. The van der Waals surface area contributed by atoms with E-state index in [1.165, 1.54) is 0 Å². The molecule has 0 aliphatic heterocycles. The monoisotopic (exact) mass is 260 g/mol. The molecule has 2 heteroatoms. The number of ether oxygens (including phenoxy) is 1. The van der Waals surface area contributed by atoms with Crippen LogP contribution in [0.5, 0.6) is 5.75 Å². The molecule has 0 aromatic heterocycles. The number of hydrogen-bond donors (Lipinski definition) is 0. The lowest BCUT2D eigenvalue weighted by Gasteiger charge is -2.22. The highest BCUT2D eigenvalue weighted by Crippen LogP contribution is 2.31. The number of rotatable bonds is 6. The van der Waals surface area contributed by atoms with Crippen LogP contribution in [0.25, 0.3) is 0 Å². The van der Waals surface area contributed by atoms with Gasteiger partial charge in [-0.3, -0.25) is 4.79 Å². The number of carbonyl (C=O) groups is 1. The summed E-state index contributed by atoms with van der Waals surface area (Å²) in [6.07, 6.45) is 4.36. The second-order valence-corrected chi connectivity index (χ2v) is 5.76. The van der Waals surface area contributed by atoms with Crippen molar-refractivity contribution in [2.75, 3.05) is 6.61 Å². The van der Waals surface area contributed by atoms with Crippen molar-refractivity contribution in [2.24, 2.45) is 0 Å². The van der Waals surface area contributed by atoms with Gasteiger partial charge in [0, 0.05) is 0 Å². The Morgan fingerprint density at radius 3 is 2.47 bits per heavy atom. The van der Waals surface area contributed by atoms with Crippen molar-refractivity contribution in [2.45, 2.75) is 46.0 Å². The van der Waals surface area contributed by atoms with Crippen molar-refractivity contribution in [1.82, 2.24) is 0 Å². The van der Waals surface area contributed by atoms with Gasteiger partial charge in [0.1, 0.15) is 5.75 Å². The number of hydrogen-bond acceptors (Lipinski definition) is 2. The molecule has 0 aliphatic carbocycles. The van der Waals surface area contributed by atoms with Crippen LogP contribution in [0, 0.1) is 0 Å². The van der Waals surface area contributed by atoms with Crippen molar-refractivity contribution in [3.8, 4) is 5.75 Å². The molecule has 0 fully saturated rings. The lowest BCUT2D eigenvalue weighted by molar-refractivity contribution is 0.111. The molecular weight excluding hydrogens is 236 g/mol. The average molecular weight is 260 g/mol. The Labute approximate surface area is 116 Å². The first-order chi connectivity index (χ1) is 8.93. The van der Waals surface area contributed by atoms with E-state index in [2.05, 4.69) is 40.3 Å². The Kier molecular flexibility index (Phi) is 5.34. The second-order valence-electron chi connectivity index (χ2n) is 5.76. The van der Waals surface area contributed by atoms with Crippen LogP contribution in [-0.2, 0) is 11.8 Å². The lowest BCUT2D eigenvalue weighted by atomic mass is 9.84. The molecule has 104 valence electrons. The SMILES string of the molecule is C=CCc1cc(C(C)(C)C)cc(C=O)c1OCCC. The van der Waals surface area contributed by atoms with Crippen molar-refractivity contribution in [1.29, 1.82) is 0 Å². The molecule has 0 radical (unpaired) electrons. The Morgan fingerprint density at radius 1 is 1.32 bits per heavy atom. The molecular formula is C17H24O2. The fourth-order valence-electron chi connectivity index (χ4n) is 1.92. The van der Waals surface area contributed by atoms with E-state index >= 15 is 0 Å². The molecule has 0 saturated heterocycles. The van der Waals surface area contributed by atoms with Gasteiger partial charge in [-0.2, -0.15) is 0 Å². The smallest absolute Gasteiger partial charge is 0.153 e. The third-order valence-corrected chi connectivity index (χ3v) is 3.00. The Morgan fingerprint density at radius 2 is 2.00 bits per heavy atom. The van der Waals surface area contributed by atoms with Gasteiger partial charge in [0.05, 0.1) is 12.2 Å². The number of allylic oxidation sites excluding steroid dienone is 1. The summed E-state index contributed by atoms with van der Waals surface area (Å²) < 4.78 is 5.75. The fraction of sp³-hybridized carbons (Fsp3) is 0.471. The average Bonchev–Trinajstić information content (AvgIpc) is 2.35. The minimum atomic E-state index is 0.0109. The first kappa shape index (κ1) is 15.5. The summed E-state index contributed by atoms with van der Waals surface area (Å²) in [6.45, 7) is 12.9. The summed E-state index contributed by atoms with van der Waals surface area (Å²) >= 11 is 0. The Balaban J connectivity index is 3.35. The molecule has 0 saturated carbocycles. The zero-order chi connectivity index (χ0) is 14.5. The maximum atomic E-state index is 11.3. The van der Waals surface area contributed by atoms with Crippen molar-refractivity contribution < 1.29 is 9.53 Å². The summed E-state index contributed by atoms with van der Waals surface area (Å²) in [5.41, 5.74) is 2.84. The van der Waals surface area contributed by atoms with Crippen LogP contribution in [0.15, 0.2) is 24.8 Å². The molecule has 0 heterocycles. The number of benzene rings is 1. The van der Waals surface area contributed by atoms with Crippen LogP contribution in [0.1, 0.15) is 55.6 Å². The lowest BCUT2D eigenvalue weighted by Crippen LogP contribution is -2.13. The van der Waals surface area contributed by atoms with Gasteiger partial charge in [-0.1, -0.05) is 39.8 Å². The van der Waals surface area contributed by atoms with E-state index in [4.69, 9.17) is 4.74 Å². The molecule has 0 spiro atoms. The molecule has 2 nitrogen and oxygen atoms in total. The van der Waals surface area contributed by atoms with E-state index in [0.29, 0.717) is 24.3 Å². The molecule has 0 atom stereocenters. The van der Waals surface area contributed by atoms with Gasteiger partial charge < -0.3 is 4.74 Å². The van der Waals surface area contributed by atoms with E-state index in [1.807, 2.05) is 12.1 Å². The fourth-order valence-corrected chi connectivity index (χ4v) is 1.92. The van der Waals surface area contributed by atoms with Gasteiger partial charge in [-0.15, -0.1) is 6.58 Å². The normalized spacial score (nSPS) is 11.2. The minimum absolute atomic E-state index is 0.0109. The third-order valence-electron chi connectivity index (χ3n) is 3.00. The van der Waals surface area contributed by atoms with Crippen molar-refractivity contribution in [3.05, 3.63) is 41.5 Å². The maximum absolute atomic E-state index is 11.3. The maximum Gasteiger partial charge on any atom is 0.153 e. The first-order valence-electron chi connectivity index (χ1n) is 6.80. The standard InChI is InChI=1S/C17H24O2/c1-6-8-13-10-15(17(3,4)5)11-14(12-18)16(13)19-9-7-2/h6,10-12H,1,7-9H2,2-5H3. The number of carbonyl (C=O) groups excluding carboxylic acids is 1. The van der Waals surface area contributed by atoms with E-state index in [-0.39, 0.29) is 5.41 Å². The van der Waals surface area contributed by atoms with Gasteiger partial charge in [0.15, 0.2) is 6.29 Å². The molecule has 0 amide bonds. The highest BCUT2D eigenvalue weighted by Gasteiger charge is 2.19. The van der Waals surface area contributed by atoms with E-state index in [1.54, 1.807) is 0 Å². The van der Waals surface area contributed by atoms with Gasteiger partial charge >= 0.3 is 0 Å². The summed E-state index contributed by atoms with van der Waals surface area (Å²) in [4.78, 5) is 11.3. The van der Waals surface area contributed by atoms with Crippen LogP contribution in [-0.4, -0.2) is 12.9 Å². The van der Waals surface area contributed by atoms with Crippen LogP contribution < -0.4 is 4.74 Å². The topological polar surface area (TPSA) is 26.3 Å². The van der Waals surface area contributed by atoms with Crippen LogP contribution in [0.3, 0.4) is 0 Å². The van der Waals surface area contributed by atoms with Gasteiger partial charge in [-0.25, -0.2) is 0 Å². The quantitative estimate of drug-likeness (QED) is 0.562. The van der Waals surface area contributed by atoms with Gasteiger partial charge in [0.2, 0.25) is 0 Å². The Hall–Kier alpha value is -1.57. The number of aldehydes is 1. The van der Waals surface area contributed by atoms with Crippen LogP contribution in [0.4, 0.5) is 0 Å². The molecule has 0 N–H and O–H groups in total. The highest BCUT2D eigenvalue weighted by molar-refractivity contribution is 5.81. The summed E-state index contributed by atoms with van der Waals surface area (Å²) in [5, 5.41) is 0. The second kappa shape index (κ2) is 6.55. The zero-order valence-electron chi connectivity index (χ0n) is 12.5. The molecule has 0 unspecified atom stereocenters. The minimum Gasteiger partial charge on any atom is -0.493 e. The van der Waals surface area contributed by atoms with Gasteiger partial charge in [-0.05, 0) is 35.4 Å². The summed E-state index contributed by atoms with van der Waals surface area (Å²) in [6, 6.07) is 4.06. The van der Waals surface area contributed by atoms with Gasteiger partial charge in [0.25, 0.3) is 0 Å². The van der Waals surface area contributed by atoms with E-state index in [0.717, 1.165) is 23.8 Å². The zero-order valence-corrected chi connectivity index (χ0v) is 12.5. The largest absolute Gasteiger partial charge is 0.493 e. The molecule has 1 aromatic carbocycles. The Bertz CT molecular complexity index is 453. The molecule has 1 rings (SSSR count). The van der Waals surface area contributed by atoms with Crippen LogP contribution in [0.2, 0.25) is 0 Å². The van der Waals surface area contributed by atoms with E-state index < -0.39 is 0 Å². The predicted octanol–water partition coefficient (Wildman–Crippen LogP) is 4.31. The first-order valence-corrected chi connectivity index (χ1v) is 6.80. The van der Waals surface area contributed by atoms with Crippen molar-refractivity contribution >= 4 is 6.29 Å². The summed E-state index contributed by atoms with van der Waals surface area (Å²) in [5.74, 6) is 0.713. The molecule has 0 aliphatic rings.